The molecule has 1 N–H and O–H groups in total. The van der Waals surface area contributed by atoms with Crippen LogP contribution in [0.2, 0.25) is 0 Å². The van der Waals surface area contributed by atoms with Crippen LogP contribution in [0, 0.1) is 17.2 Å². The van der Waals surface area contributed by atoms with Crippen LogP contribution >= 0.6 is 11.3 Å². The van der Waals surface area contributed by atoms with Crippen LogP contribution < -0.4 is 5.32 Å². The molecular weight excluding hydrogens is 360 g/mol. The van der Waals surface area contributed by atoms with E-state index in [0.717, 1.165) is 19.3 Å². The number of aryl methyl sites for hydroxylation is 1. The number of carbonyl (C=O) groups is 2. The largest absolute Gasteiger partial charge is 0.448 e. The van der Waals surface area contributed by atoms with Gasteiger partial charge in [-0.2, -0.15) is 5.26 Å². The Morgan fingerprint density at radius 2 is 2.11 bits per heavy atom. The molecule has 1 aromatic heterocycles. The van der Waals surface area contributed by atoms with Crippen molar-refractivity contribution >= 4 is 28.9 Å². The maximum atomic E-state index is 12.4. The molecule has 0 unspecified atom stereocenters. The standard InChI is InChI=1S/C21H22N2O3S/c1-3-14-6-9-18-16(10-14)11-19(27-18)21(25)26-13(2)20(24)23-17-7-4-15(12-22)5-8-17/h4-5,7-8,11,13-14H,3,6,9-10H2,1-2H3,(H,23,24)/t13-,14+/m1/s1. The number of esters is 1. The van der Waals surface area contributed by atoms with Gasteiger partial charge in [0.1, 0.15) is 4.88 Å². The molecule has 140 valence electrons. The fourth-order valence-corrected chi connectivity index (χ4v) is 4.28. The molecule has 0 saturated carbocycles. The molecule has 1 aromatic carbocycles. The Morgan fingerprint density at radius 3 is 2.78 bits per heavy atom. The van der Waals surface area contributed by atoms with E-state index in [1.54, 1.807) is 31.2 Å². The van der Waals surface area contributed by atoms with Crippen LogP contribution in [0.3, 0.4) is 0 Å². The Balaban J connectivity index is 1.59. The third-order valence-corrected chi connectivity index (χ3v) is 6.12. The Kier molecular flexibility index (Phi) is 5.92. The van der Waals surface area contributed by atoms with Gasteiger partial charge in [-0.05, 0) is 68.0 Å². The molecule has 0 bridgehead atoms. The summed E-state index contributed by atoms with van der Waals surface area (Å²) in [6, 6.07) is 10.5. The van der Waals surface area contributed by atoms with Crippen molar-refractivity contribution in [2.45, 2.75) is 45.6 Å². The molecule has 2 atom stereocenters. The minimum atomic E-state index is -0.907. The summed E-state index contributed by atoms with van der Waals surface area (Å²) in [5.41, 5.74) is 2.32. The van der Waals surface area contributed by atoms with Gasteiger partial charge in [-0.25, -0.2) is 4.79 Å². The number of carbonyl (C=O) groups excluding carboxylic acids is 2. The molecule has 0 spiro atoms. The quantitative estimate of drug-likeness (QED) is 0.781. The molecule has 0 fully saturated rings. The van der Waals surface area contributed by atoms with Crippen LogP contribution in [0.15, 0.2) is 30.3 Å². The average Bonchev–Trinajstić information content (AvgIpc) is 3.11. The molecule has 27 heavy (non-hydrogen) atoms. The second-order valence-electron chi connectivity index (χ2n) is 6.80. The Morgan fingerprint density at radius 1 is 1.37 bits per heavy atom. The molecule has 0 aliphatic heterocycles. The SMILES string of the molecule is CC[C@H]1CCc2sc(C(=O)O[C@H](C)C(=O)Nc3ccc(C#N)cc3)cc2C1. The first kappa shape index (κ1) is 19.1. The van der Waals surface area contributed by atoms with E-state index in [9.17, 15) is 9.59 Å². The number of nitriles is 1. The Bertz CT molecular complexity index is 880. The smallest absolute Gasteiger partial charge is 0.349 e. The van der Waals surface area contributed by atoms with E-state index in [-0.39, 0.29) is 0 Å². The predicted molar refractivity (Wildman–Crippen MR) is 105 cm³/mol. The highest BCUT2D eigenvalue weighted by atomic mass is 32.1. The van der Waals surface area contributed by atoms with E-state index in [4.69, 9.17) is 10.00 Å². The molecule has 5 nitrogen and oxygen atoms in total. The zero-order valence-electron chi connectivity index (χ0n) is 15.5. The summed E-state index contributed by atoms with van der Waals surface area (Å²) in [6.07, 6.45) is 3.45. The van der Waals surface area contributed by atoms with Gasteiger partial charge in [0.25, 0.3) is 5.91 Å². The molecule has 0 saturated heterocycles. The van der Waals surface area contributed by atoms with Crippen molar-refractivity contribution in [3.8, 4) is 6.07 Å². The third kappa shape index (κ3) is 4.55. The third-order valence-electron chi connectivity index (χ3n) is 4.90. The van der Waals surface area contributed by atoms with E-state index in [2.05, 4.69) is 12.2 Å². The molecule has 6 heteroatoms. The Hall–Kier alpha value is -2.65. The van der Waals surface area contributed by atoms with Gasteiger partial charge >= 0.3 is 5.97 Å². The van der Waals surface area contributed by atoms with Gasteiger partial charge in [-0.1, -0.05) is 13.3 Å². The first-order valence-electron chi connectivity index (χ1n) is 9.13. The van der Waals surface area contributed by atoms with Gasteiger partial charge in [0.2, 0.25) is 0 Å². The molecule has 1 heterocycles. The van der Waals surface area contributed by atoms with Crippen LogP contribution in [-0.4, -0.2) is 18.0 Å². The Labute approximate surface area is 163 Å². The van der Waals surface area contributed by atoms with E-state index in [1.807, 2.05) is 12.1 Å². The summed E-state index contributed by atoms with van der Waals surface area (Å²) in [4.78, 5) is 26.5. The second-order valence-corrected chi connectivity index (χ2v) is 7.94. The maximum absolute atomic E-state index is 12.4. The fraction of sp³-hybridized carbons (Fsp3) is 0.381. The van der Waals surface area contributed by atoms with Crippen LogP contribution in [0.25, 0.3) is 0 Å². The van der Waals surface area contributed by atoms with Crippen molar-refractivity contribution in [1.82, 2.24) is 0 Å². The van der Waals surface area contributed by atoms with Crippen LogP contribution in [0.4, 0.5) is 5.69 Å². The summed E-state index contributed by atoms with van der Waals surface area (Å²) >= 11 is 1.48. The first-order chi connectivity index (χ1) is 13.0. The monoisotopic (exact) mass is 382 g/mol. The van der Waals surface area contributed by atoms with Gasteiger partial charge in [0.15, 0.2) is 6.10 Å². The minimum absolute atomic E-state index is 0.402. The second kappa shape index (κ2) is 8.36. The molecule has 1 aliphatic rings. The lowest BCUT2D eigenvalue weighted by atomic mass is 9.87. The normalized spacial score (nSPS) is 16.7. The lowest BCUT2D eigenvalue weighted by molar-refractivity contribution is -0.123. The number of hydrogen-bond acceptors (Lipinski definition) is 5. The van der Waals surface area contributed by atoms with Crippen molar-refractivity contribution in [1.29, 1.82) is 5.26 Å². The predicted octanol–water partition coefficient (Wildman–Crippen LogP) is 4.32. The summed E-state index contributed by atoms with van der Waals surface area (Å²) in [7, 11) is 0. The zero-order chi connectivity index (χ0) is 19.4. The average molecular weight is 382 g/mol. The van der Waals surface area contributed by atoms with Crippen molar-refractivity contribution in [2.24, 2.45) is 5.92 Å². The fourth-order valence-electron chi connectivity index (χ4n) is 3.19. The zero-order valence-corrected chi connectivity index (χ0v) is 16.3. The first-order valence-corrected chi connectivity index (χ1v) is 9.95. The number of nitrogens with one attached hydrogen (secondary N) is 1. The number of hydrogen-bond donors (Lipinski definition) is 1. The molecule has 1 amide bonds. The van der Waals surface area contributed by atoms with Crippen molar-refractivity contribution in [2.75, 3.05) is 5.32 Å². The highest BCUT2D eigenvalue weighted by Crippen LogP contribution is 2.33. The summed E-state index contributed by atoms with van der Waals surface area (Å²) in [6.45, 7) is 3.75. The molecule has 1 aliphatic carbocycles. The lowest BCUT2D eigenvalue weighted by Gasteiger charge is -2.19. The van der Waals surface area contributed by atoms with Crippen molar-refractivity contribution < 1.29 is 14.3 Å². The summed E-state index contributed by atoms with van der Waals surface area (Å²) < 4.78 is 5.35. The number of fused-ring (bicyclic) bond motifs is 1. The maximum Gasteiger partial charge on any atom is 0.349 e. The number of nitrogens with zero attached hydrogens (tertiary/aromatic N) is 1. The van der Waals surface area contributed by atoms with Crippen molar-refractivity contribution in [3.05, 3.63) is 51.2 Å². The number of benzene rings is 1. The number of amides is 1. The minimum Gasteiger partial charge on any atom is -0.448 e. The number of thiophene rings is 1. The van der Waals surface area contributed by atoms with Gasteiger partial charge in [-0.15, -0.1) is 11.3 Å². The lowest BCUT2D eigenvalue weighted by Crippen LogP contribution is -2.29. The molecule has 2 aromatic rings. The van der Waals surface area contributed by atoms with E-state index in [1.165, 1.54) is 28.2 Å². The van der Waals surface area contributed by atoms with E-state index >= 15 is 0 Å². The van der Waals surface area contributed by atoms with E-state index < -0.39 is 18.0 Å². The van der Waals surface area contributed by atoms with Gasteiger partial charge in [0, 0.05) is 10.6 Å². The number of rotatable bonds is 5. The van der Waals surface area contributed by atoms with Gasteiger partial charge in [-0.3, -0.25) is 4.79 Å². The van der Waals surface area contributed by atoms with Gasteiger partial charge < -0.3 is 10.1 Å². The topological polar surface area (TPSA) is 79.2 Å². The number of anilines is 1. The van der Waals surface area contributed by atoms with E-state index in [0.29, 0.717) is 22.0 Å². The van der Waals surface area contributed by atoms with Crippen molar-refractivity contribution in [3.63, 3.8) is 0 Å². The van der Waals surface area contributed by atoms with Crippen LogP contribution in [0.5, 0.6) is 0 Å². The highest BCUT2D eigenvalue weighted by Gasteiger charge is 2.25. The van der Waals surface area contributed by atoms with Crippen LogP contribution in [0.1, 0.15) is 52.4 Å². The van der Waals surface area contributed by atoms with Gasteiger partial charge in [0.05, 0.1) is 11.6 Å². The molecular formula is C21H22N2O3S. The highest BCUT2D eigenvalue weighted by molar-refractivity contribution is 7.14. The summed E-state index contributed by atoms with van der Waals surface area (Å²) in [5, 5.41) is 11.5. The molecule has 3 rings (SSSR count). The number of ether oxygens (including phenoxy) is 1. The summed E-state index contributed by atoms with van der Waals surface area (Å²) in [5.74, 6) is -0.168. The molecule has 0 radical (unpaired) electrons. The van der Waals surface area contributed by atoms with Crippen LogP contribution in [-0.2, 0) is 22.4 Å².